The van der Waals surface area contributed by atoms with Gasteiger partial charge >= 0.3 is 0 Å². The van der Waals surface area contributed by atoms with Gasteiger partial charge in [-0.05, 0) is 43.5 Å². The zero-order valence-corrected chi connectivity index (χ0v) is 11.6. The summed E-state index contributed by atoms with van der Waals surface area (Å²) in [6.45, 7) is 3.95. The van der Waals surface area contributed by atoms with Crippen LogP contribution in [0.15, 0.2) is 22.6 Å². The average Bonchev–Trinajstić information content (AvgIpc) is 2.66. The van der Waals surface area contributed by atoms with Gasteiger partial charge in [0.25, 0.3) is 0 Å². The quantitative estimate of drug-likeness (QED) is 0.915. The topological polar surface area (TPSA) is 55.3 Å². The number of nitrogens with zero attached hydrogens (tertiary/aromatic N) is 2. The van der Waals surface area contributed by atoms with Crippen LogP contribution in [0.3, 0.4) is 0 Å². The Morgan fingerprint density at radius 2 is 2.21 bits per heavy atom. The lowest BCUT2D eigenvalue weighted by Crippen LogP contribution is -2.41. The Morgan fingerprint density at radius 1 is 1.42 bits per heavy atom. The van der Waals surface area contributed by atoms with Crippen LogP contribution in [-0.4, -0.2) is 29.5 Å². The van der Waals surface area contributed by atoms with Crippen molar-refractivity contribution in [3.63, 3.8) is 0 Å². The van der Waals surface area contributed by atoms with Gasteiger partial charge in [0.05, 0.1) is 0 Å². The molecule has 4 nitrogen and oxygen atoms in total. The molecule has 0 aliphatic heterocycles. The van der Waals surface area contributed by atoms with Crippen molar-refractivity contribution in [3.8, 4) is 0 Å². The number of benzene rings is 1. The van der Waals surface area contributed by atoms with Crippen molar-refractivity contribution >= 4 is 11.1 Å². The summed E-state index contributed by atoms with van der Waals surface area (Å²) in [5.41, 5.74) is 8.92. The van der Waals surface area contributed by atoms with Gasteiger partial charge in [0, 0.05) is 26.1 Å². The van der Waals surface area contributed by atoms with E-state index in [4.69, 9.17) is 10.2 Å². The van der Waals surface area contributed by atoms with E-state index in [0.29, 0.717) is 6.04 Å². The second kappa shape index (κ2) is 4.94. The summed E-state index contributed by atoms with van der Waals surface area (Å²) in [5.74, 6) is 1.50. The van der Waals surface area contributed by atoms with Crippen LogP contribution in [0.1, 0.15) is 24.3 Å². The van der Waals surface area contributed by atoms with Gasteiger partial charge in [-0.3, -0.25) is 0 Å². The lowest BCUT2D eigenvalue weighted by Gasteiger charge is -2.35. The summed E-state index contributed by atoms with van der Waals surface area (Å²) in [6.07, 6.45) is 2.34. The SMILES string of the molecule is Cc1nc2ccc(CN(C)CC3CC(N)C3)cc2o1. The number of aryl methyl sites for hydroxylation is 1. The van der Waals surface area contributed by atoms with Crippen molar-refractivity contribution in [2.45, 2.75) is 32.4 Å². The highest BCUT2D eigenvalue weighted by Crippen LogP contribution is 2.26. The molecule has 0 amide bonds. The second-order valence-electron chi connectivity index (χ2n) is 5.83. The number of oxazole rings is 1. The van der Waals surface area contributed by atoms with E-state index in [1.165, 1.54) is 18.4 Å². The van der Waals surface area contributed by atoms with Gasteiger partial charge < -0.3 is 15.1 Å². The Labute approximate surface area is 113 Å². The molecule has 2 aromatic rings. The molecule has 1 aliphatic carbocycles. The van der Waals surface area contributed by atoms with E-state index in [9.17, 15) is 0 Å². The third-order valence-electron chi connectivity index (χ3n) is 3.85. The molecule has 0 saturated heterocycles. The van der Waals surface area contributed by atoms with Crippen molar-refractivity contribution in [2.75, 3.05) is 13.6 Å². The minimum Gasteiger partial charge on any atom is -0.441 e. The molecule has 1 aromatic heterocycles. The standard InChI is InChI=1S/C15H21N3O/c1-10-17-14-4-3-11(7-15(14)19-10)8-18(2)9-12-5-13(16)6-12/h3-4,7,12-13H,5-6,8-9,16H2,1-2H3. The fourth-order valence-electron chi connectivity index (χ4n) is 2.94. The molecule has 1 aliphatic rings. The summed E-state index contributed by atoms with van der Waals surface area (Å²) in [6, 6.07) is 6.70. The van der Waals surface area contributed by atoms with Crippen LogP contribution in [-0.2, 0) is 6.54 Å². The highest BCUT2D eigenvalue weighted by molar-refractivity contribution is 5.73. The van der Waals surface area contributed by atoms with Crippen LogP contribution in [0, 0.1) is 12.8 Å². The van der Waals surface area contributed by atoms with Crippen molar-refractivity contribution in [3.05, 3.63) is 29.7 Å². The van der Waals surface area contributed by atoms with Crippen LogP contribution in [0.5, 0.6) is 0 Å². The van der Waals surface area contributed by atoms with Gasteiger partial charge in [0.1, 0.15) is 5.52 Å². The van der Waals surface area contributed by atoms with Crippen LogP contribution in [0.25, 0.3) is 11.1 Å². The predicted molar refractivity (Wildman–Crippen MR) is 75.8 cm³/mol. The molecule has 0 unspecified atom stereocenters. The second-order valence-corrected chi connectivity index (χ2v) is 5.83. The predicted octanol–water partition coefficient (Wildman–Crippen LogP) is 2.31. The maximum atomic E-state index is 5.82. The van der Waals surface area contributed by atoms with E-state index in [1.807, 2.05) is 13.0 Å². The lowest BCUT2D eigenvalue weighted by molar-refractivity contribution is 0.178. The van der Waals surface area contributed by atoms with E-state index >= 15 is 0 Å². The molecular formula is C15H21N3O. The Kier molecular flexibility index (Phi) is 3.29. The smallest absolute Gasteiger partial charge is 0.192 e. The molecule has 102 valence electrons. The molecule has 2 N–H and O–H groups in total. The first-order valence-electron chi connectivity index (χ1n) is 6.90. The molecule has 0 radical (unpaired) electrons. The van der Waals surface area contributed by atoms with E-state index in [0.717, 1.165) is 36.0 Å². The largest absolute Gasteiger partial charge is 0.441 e. The van der Waals surface area contributed by atoms with Gasteiger partial charge in [-0.25, -0.2) is 4.98 Å². The maximum absolute atomic E-state index is 5.82. The molecule has 1 saturated carbocycles. The minimum absolute atomic E-state index is 0.437. The lowest BCUT2D eigenvalue weighted by atomic mass is 9.80. The van der Waals surface area contributed by atoms with Crippen LogP contribution >= 0.6 is 0 Å². The first kappa shape index (κ1) is 12.6. The monoisotopic (exact) mass is 259 g/mol. The summed E-state index contributed by atoms with van der Waals surface area (Å²) in [7, 11) is 2.17. The zero-order chi connectivity index (χ0) is 13.4. The van der Waals surface area contributed by atoms with E-state index in [-0.39, 0.29) is 0 Å². The molecule has 0 bridgehead atoms. The molecule has 0 atom stereocenters. The number of rotatable bonds is 4. The van der Waals surface area contributed by atoms with Gasteiger partial charge in [-0.15, -0.1) is 0 Å². The number of hydrogen-bond acceptors (Lipinski definition) is 4. The van der Waals surface area contributed by atoms with Gasteiger partial charge in [-0.2, -0.15) is 0 Å². The first-order chi connectivity index (χ1) is 9.10. The third-order valence-corrected chi connectivity index (χ3v) is 3.85. The summed E-state index contributed by atoms with van der Waals surface area (Å²) in [4.78, 5) is 6.68. The first-order valence-corrected chi connectivity index (χ1v) is 6.90. The summed E-state index contributed by atoms with van der Waals surface area (Å²) < 4.78 is 5.57. The molecule has 0 spiro atoms. The summed E-state index contributed by atoms with van der Waals surface area (Å²) in [5, 5.41) is 0. The van der Waals surface area contributed by atoms with E-state index < -0.39 is 0 Å². The molecule has 19 heavy (non-hydrogen) atoms. The van der Waals surface area contributed by atoms with Crippen molar-refractivity contribution in [2.24, 2.45) is 11.7 Å². The molecule has 3 rings (SSSR count). The van der Waals surface area contributed by atoms with Crippen molar-refractivity contribution < 1.29 is 4.42 Å². The fraction of sp³-hybridized carbons (Fsp3) is 0.533. The Hall–Kier alpha value is -1.39. The zero-order valence-electron chi connectivity index (χ0n) is 11.6. The average molecular weight is 259 g/mol. The molecule has 1 fully saturated rings. The normalized spacial score (nSPS) is 22.9. The molecule has 4 heteroatoms. The third kappa shape index (κ3) is 2.80. The van der Waals surface area contributed by atoms with Crippen molar-refractivity contribution in [1.29, 1.82) is 0 Å². The van der Waals surface area contributed by atoms with E-state index in [2.05, 4.69) is 29.1 Å². The van der Waals surface area contributed by atoms with E-state index in [1.54, 1.807) is 0 Å². The molecule has 1 aromatic carbocycles. The van der Waals surface area contributed by atoms with Gasteiger partial charge in [0.2, 0.25) is 0 Å². The number of aromatic nitrogens is 1. The van der Waals surface area contributed by atoms with Crippen LogP contribution in [0.2, 0.25) is 0 Å². The Bertz CT molecular complexity index is 572. The van der Waals surface area contributed by atoms with Crippen LogP contribution < -0.4 is 5.73 Å². The van der Waals surface area contributed by atoms with Crippen molar-refractivity contribution in [1.82, 2.24) is 9.88 Å². The fourth-order valence-corrected chi connectivity index (χ4v) is 2.94. The van der Waals surface area contributed by atoms with Crippen LogP contribution in [0.4, 0.5) is 0 Å². The highest BCUT2D eigenvalue weighted by Gasteiger charge is 2.26. The van der Waals surface area contributed by atoms with Gasteiger partial charge in [-0.1, -0.05) is 6.07 Å². The highest BCUT2D eigenvalue weighted by atomic mass is 16.3. The maximum Gasteiger partial charge on any atom is 0.192 e. The number of fused-ring (bicyclic) bond motifs is 1. The Balaban J connectivity index is 1.63. The number of nitrogens with two attached hydrogens (primary N) is 1. The summed E-state index contributed by atoms with van der Waals surface area (Å²) >= 11 is 0. The molecular weight excluding hydrogens is 238 g/mol. The minimum atomic E-state index is 0.437. The van der Waals surface area contributed by atoms with Gasteiger partial charge in [0.15, 0.2) is 11.5 Å². The molecule has 1 heterocycles. The number of hydrogen-bond donors (Lipinski definition) is 1. The Morgan fingerprint density at radius 3 is 2.95 bits per heavy atom.